The van der Waals surface area contributed by atoms with E-state index in [1.54, 1.807) is 22.5 Å². The van der Waals surface area contributed by atoms with Gasteiger partial charge in [0, 0.05) is 19.1 Å². The molecule has 0 aliphatic carbocycles. The molecule has 1 aromatic carbocycles. The Kier molecular flexibility index (Phi) is 5.41. The van der Waals surface area contributed by atoms with Crippen LogP contribution >= 0.6 is 0 Å². The molecule has 0 radical (unpaired) electrons. The molecule has 2 unspecified atom stereocenters. The van der Waals surface area contributed by atoms with Crippen molar-refractivity contribution in [3.05, 3.63) is 29.8 Å². The van der Waals surface area contributed by atoms with Crippen molar-refractivity contribution in [2.45, 2.75) is 44.6 Å². The van der Waals surface area contributed by atoms with Gasteiger partial charge in [-0.3, -0.25) is 0 Å². The Morgan fingerprint density at radius 3 is 2.76 bits per heavy atom. The Morgan fingerprint density at radius 1 is 1.38 bits per heavy atom. The maximum atomic E-state index is 12.7. The molecule has 0 saturated carbocycles. The normalized spacial score (nSPS) is 24.1. The van der Waals surface area contributed by atoms with Crippen LogP contribution in [0.5, 0.6) is 0 Å². The highest BCUT2D eigenvalue weighted by Crippen LogP contribution is 2.24. The highest BCUT2D eigenvalue weighted by Gasteiger charge is 2.33. The van der Waals surface area contributed by atoms with E-state index in [0.717, 1.165) is 24.9 Å². The van der Waals surface area contributed by atoms with Crippen molar-refractivity contribution in [1.29, 1.82) is 0 Å². The van der Waals surface area contributed by atoms with Gasteiger partial charge in [0.25, 0.3) is 0 Å². The van der Waals surface area contributed by atoms with Crippen LogP contribution in [0, 0.1) is 12.8 Å². The van der Waals surface area contributed by atoms with E-state index >= 15 is 0 Å². The van der Waals surface area contributed by atoms with Crippen molar-refractivity contribution < 1.29 is 8.42 Å². The summed E-state index contributed by atoms with van der Waals surface area (Å²) in [7, 11) is -3.36. The van der Waals surface area contributed by atoms with Crippen LogP contribution in [0.2, 0.25) is 0 Å². The molecule has 1 heterocycles. The molecule has 21 heavy (non-hydrogen) atoms. The van der Waals surface area contributed by atoms with Gasteiger partial charge in [-0.2, -0.15) is 4.31 Å². The van der Waals surface area contributed by atoms with Gasteiger partial charge in [0.1, 0.15) is 0 Å². The third-order valence-corrected chi connectivity index (χ3v) is 6.01. The number of sulfonamides is 1. The summed E-state index contributed by atoms with van der Waals surface area (Å²) in [5.74, 6) is 0.338. The molecule has 1 aliphatic rings. The van der Waals surface area contributed by atoms with Gasteiger partial charge in [0.15, 0.2) is 0 Å². The molecule has 118 valence electrons. The summed E-state index contributed by atoms with van der Waals surface area (Å²) in [6.07, 6.45) is 1.99. The van der Waals surface area contributed by atoms with E-state index in [-0.39, 0.29) is 0 Å². The van der Waals surface area contributed by atoms with Crippen LogP contribution in [0.15, 0.2) is 29.2 Å². The van der Waals surface area contributed by atoms with Crippen molar-refractivity contribution in [2.75, 3.05) is 19.6 Å². The third kappa shape index (κ3) is 3.84. The first-order valence-corrected chi connectivity index (χ1v) is 9.19. The first-order chi connectivity index (χ1) is 9.95. The van der Waals surface area contributed by atoms with E-state index in [1.807, 2.05) is 13.0 Å². The van der Waals surface area contributed by atoms with E-state index < -0.39 is 10.0 Å². The molecule has 0 amide bonds. The average molecular weight is 310 g/mol. The number of hydrogen-bond acceptors (Lipinski definition) is 3. The van der Waals surface area contributed by atoms with Gasteiger partial charge in [-0.25, -0.2) is 8.42 Å². The summed E-state index contributed by atoms with van der Waals surface area (Å²) in [6, 6.07) is 7.59. The number of benzene rings is 1. The topological polar surface area (TPSA) is 49.4 Å². The molecule has 1 saturated heterocycles. The molecule has 1 N–H and O–H groups in total. The molecular weight excluding hydrogens is 284 g/mol. The first-order valence-electron chi connectivity index (χ1n) is 7.75. The second-order valence-corrected chi connectivity index (χ2v) is 7.94. The molecular formula is C16H26N2O2S. The molecule has 2 rings (SSSR count). The minimum Gasteiger partial charge on any atom is -0.314 e. The Balaban J connectivity index is 2.09. The number of rotatable bonds is 5. The zero-order chi connectivity index (χ0) is 15.5. The predicted molar refractivity (Wildman–Crippen MR) is 85.8 cm³/mol. The summed E-state index contributed by atoms with van der Waals surface area (Å²) in [5, 5.41) is 3.52. The number of nitrogens with one attached hydrogen (secondary N) is 1. The van der Waals surface area contributed by atoms with Crippen molar-refractivity contribution in [2.24, 2.45) is 5.92 Å². The van der Waals surface area contributed by atoms with Crippen molar-refractivity contribution in [3.63, 3.8) is 0 Å². The van der Waals surface area contributed by atoms with Crippen LogP contribution in [0.4, 0.5) is 0 Å². The lowest BCUT2D eigenvalue weighted by Crippen LogP contribution is -2.50. The third-order valence-electron chi connectivity index (χ3n) is 4.15. The lowest BCUT2D eigenvalue weighted by molar-refractivity contribution is 0.220. The van der Waals surface area contributed by atoms with E-state index in [9.17, 15) is 8.42 Å². The number of nitrogens with zero attached hydrogens (tertiary/aromatic N) is 1. The minimum absolute atomic E-state index is 0.338. The summed E-state index contributed by atoms with van der Waals surface area (Å²) >= 11 is 0. The zero-order valence-electron chi connectivity index (χ0n) is 13.2. The highest BCUT2D eigenvalue weighted by atomic mass is 32.2. The van der Waals surface area contributed by atoms with Gasteiger partial charge in [0.2, 0.25) is 10.0 Å². The average Bonchev–Trinajstić information content (AvgIpc) is 2.46. The molecule has 0 spiro atoms. The molecule has 4 nitrogen and oxygen atoms in total. The maximum Gasteiger partial charge on any atom is 0.243 e. The Bertz CT molecular complexity index is 571. The fourth-order valence-electron chi connectivity index (χ4n) is 2.88. The smallest absolute Gasteiger partial charge is 0.243 e. The number of aryl methyl sites for hydroxylation is 1. The van der Waals surface area contributed by atoms with Crippen molar-refractivity contribution >= 4 is 10.0 Å². The predicted octanol–water partition coefficient (Wildman–Crippen LogP) is 2.39. The van der Waals surface area contributed by atoms with Gasteiger partial charge in [-0.1, -0.05) is 26.0 Å². The second-order valence-electron chi connectivity index (χ2n) is 6.01. The Labute approximate surface area is 128 Å². The molecule has 0 aromatic heterocycles. The molecule has 1 aliphatic heterocycles. The Morgan fingerprint density at radius 2 is 2.14 bits per heavy atom. The van der Waals surface area contributed by atoms with Gasteiger partial charge >= 0.3 is 0 Å². The number of hydrogen-bond donors (Lipinski definition) is 1. The van der Waals surface area contributed by atoms with E-state index in [0.29, 0.717) is 29.9 Å². The largest absolute Gasteiger partial charge is 0.314 e. The van der Waals surface area contributed by atoms with Crippen LogP contribution in [-0.2, 0) is 10.0 Å². The SMILES string of the molecule is CCCNC1CCN(S(=O)(=O)c2cccc(C)c2)CC1C. The monoisotopic (exact) mass is 310 g/mol. The quantitative estimate of drug-likeness (QED) is 0.908. The lowest BCUT2D eigenvalue weighted by atomic mass is 9.95. The van der Waals surface area contributed by atoms with Gasteiger partial charge in [-0.15, -0.1) is 0 Å². The summed E-state index contributed by atoms with van der Waals surface area (Å²) < 4.78 is 27.1. The number of piperidine rings is 1. The maximum absolute atomic E-state index is 12.7. The highest BCUT2D eigenvalue weighted by molar-refractivity contribution is 7.89. The first kappa shape index (κ1) is 16.5. The van der Waals surface area contributed by atoms with Crippen LogP contribution < -0.4 is 5.32 Å². The van der Waals surface area contributed by atoms with Crippen LogP contribution in [0.1, 0.15) is 32.3 Å². The summed E-state index contributed by atoms with van der Waals surface area (Å²) in [6.45, 7) is 8.39. The van der Waals surface area contributed by atoms with Crippen LogP contribution in [-0.4, -0.2) is 38.4 Å². The van der Waals surface area contributed by atoms with E-state index in [2.05, 4.69) is 19.2 Å². The fourth-order valence-corrected chi connectivity index (χ4v) is 4.54. The molecule has 1 aromatic rings. The summed E-state index contributed by atoms with van der Waals surface area (Å²) in [4.78, 5) is 0.412. The van der Waals surface area contributed by atoms with Gasteiger partial charge in [0.05, 0.1) is 4.90 Å². The second kappa shape index (κ2) is 6.90. The molecule has 1 fully saturated rings. The van der Waals surface area contributed by atoms with Crippen molar-refractivity contribution in [1.82, 2.24) is 9.62 Å². The fraction of sp³-hybridized carbons (Fsp3) is 0.625. The van der Waals surface area contributed by atoms with E-state index in [4.69, 9.17) is 0 Å². The van der Waals surface area contributed by atoms with Gasteiger partial charge in [-0.05, 0) is 49.9 Å². The zero-order valence-corrected chi connectivity index (χ0v) is 14.0. The Hall–Kier alpha value is -0.910. The van der Waals surface area contributed by atoms with Gasteiger partial charge < -0.3 is 5.32 Å². The van der Waals surface area contributed by atoms with E-state index in [1.165, 1.54) is 0 Å². The molecule has 0 bridgehead atoms. The molecule has 2 atom stereocenters. The summed E-state index contributed by atoms with van der Waals surface area (Å²) in [5.41, 5.74) is 0.976. The van der Waals surface area contributed by atoms with Crippen LogP contribution in [0.25, 0.3) is 0 Å². The van der Waals surface area contributed by atoms with Crippen LogP contribution in [0.3, 0.4) is 0 Å². The standard InChI is InChI=1S/C16H26N2O2S/c1-4-9-17-16-8-10-18(12-14(16)3)21(19,20)15-7-5-6-13(2)11-15/h5-7,11,14,16-17H,4,8-10,12H2,1-3H3. The van der Waals surface area contributed by atoms with Crippen molar-refractivity contribution in [3.8, 4) is 0 Å². The molecule has 5 heteroatoms. The minimum atomic E-state index is -3.36. The lowest BCUT2D eigenvalue weighted by Gasteiger charge is -2.36.